The van der Waals surface area contributed by atoms with Gasteiger partial charge in [-0.05, 0) is 61.1 Å². The third-order valence-corrected chi connectivity index (χ3v) is 5.24. The molecule has 1 saturated heterocycles. The number of benzene rings is 2. The van der Waals surface area contributed by atoms with Crippen LogP contribution in [0, 0.1) is 6.92 Å². The Bertz CT molecular complexity index is 801. The van der Waals surface area contributed by atoms with Crippen molar-refractivity contribution in [1.29, 1.82) is 0 Å². The zero-order chi connectivity index (χ0) is 19.2. The Kier molecular flexibility index (Phi) is 6.24. The van der Waals surface area contributed by atoms with E-state index in [9.17, 15) is 9.59 Å². The Morgan fingerprint density at radius 3 is 2.59 bits per heavy atom. The first-order valence-corrected chi connectivity index (χ1v) is 9.40. The van der Waals surface area contributed by atoms with Crippen LogP contribution in [0.5, 0.6) is 0 Å². The van der Waals surface area contributed by atoms with Gasteiger partial charge < -0.3 is 10.4 Å². The third-order valence-electron chi connectivity index (χ3n) is 5.24. The van der Waals surface area contributed by atoms with Gasteiger partial charge in [-0.2, -0.15) is 0 Å². The molecule has 0 saturated carbocycles. The topological polar surface area (TPSA) is 69.6 Å². The van der Waals surface area contributed by atoms with Crippen LogP contribution in [0.15, 0.2) is 48.5 Å². The van der Waals surface area contributed by atoms with Crippen molar-refractivity contribution in [3.63, 3.8) is 0 Å². The Balaban J connectivity index is 1.52. The van der Waals surface area contributed by atoms with Gasteiger partial charge in [0.1, 0.15) is 0 Å². The first kappa shape index (κ1) is 19.1. The van der Waals surface area contributed by atoms with Crippen molar-refractivity contribution < 1.29 is 14.7 Å². The van der Waals surface area contributed by atoms with E-state index in [2.05, 4.69) is 10.2 Å². The largest absolute Gasteiger partial charge is 0.478 e. The van der Waals surface area contributed by atoms with Crippen LogP contribution >= 0.6 is 0 Å². The maximum atomic E-state index is 12.3. The molecule has 1 fully saturated rings. The van der Waals surface area contributed by atoms with Crippen LogP contribution < -0.4 is 5.32 Å². The Morgan fingerprint density at radius 1 is 1.15 bits per heavy atom. The van der Waals surface area contributed by atoms with E-state index in [-0.39, 0.29) is 5.91 Å². The van der Waals surface area contributed by atoms with Crippen molar-refractivity contribution in [3.8, 4) is 0 Å². The van der Waals surface area contributed by atoms with E-state index in [4.69, 9.17) is 5.11 Å². The van der Waals surface area contributed by atoms with E-state index in [1.165, 1.54) is 5.56 Å². The molecule has 0 aliphatic carbocycles. The number of aryl methyl sites for hydroxylation is 1. The summed E-state index contributed by atoms with van der Waals surface area (Å²) >= 11 is 0. The predicted octanol–water partition coefficient (Wildman–Crippen LogP) is 3.19. The molecular weight excluding hydrogens is 340 g/mol. The second-order valence-corrected chi connectivity index (χ2v) is 7.20. The molecule has 0 bridgehead atoms. The molecule has 1 heterocycles. The minimum Gasteiger partial charge on any atom is -0.478 e. The summed E-state index contributed by atoms with van der Waals surface area (Å²) in [6, 6.07) is 15.2. The molecule has 5 heteroatoms. The SMILES string of the molecule is Cc1ccccc1CNC(=O)CN1CCC[C@@H](c2ccc(C(=O)O)cc2)C1. The molecule has 0 unspecified atom stereocenters. The summed E-state index contributed by atoms with van der Waals surface area (Å²) in [5.74, 6) is -0.525. The van der Waals surface area contributed by atoms with Crippen LogP contribution in [0.25, 0.3) is 0 Å². The standard InChI is InChI=1S/C22H26N2O3/c1-16-5-2-3-6-19(16)13-23-21(25)15-24-12-4-7-20(14-24)17-8-10-18(11-9-17)22(26)27/h2-3,5-6,8-11,20H,4,7,12-15H2,1H3,(H,23,25)(H,26,27)/t20-/m1/s1. The number of carboxylic acid groups (broad SMARTS) is 1. The van der Waals surface area contributed by atoms with Crippen molar-refractivity contribution >= 4 is 11.9 Å². The van der Waals surface area contributed by atoms with Gasteiger partial charge in [0.2, 0.25) is 5.91 Å². The number of likely N-dealkylation sites (tertiary alicyclic amines) is 1. The molecule has 0 aromatic heterocycles. The molecule has 142 valence electrons. The van der Waals surface area contributed by atoms with Gasteiger partial charge in [-0.1, -0.05) is 36.4 Å². The third kappa shape index (κ3) is 5.17. The smallest absolute Gasteiger partial charge is 0.335 e. The van der Waals surface area contributed by atoms with Gasteiger partial charge in [-0.3, -0.25) is 9.69 Å². The summed E-state index contributed by atoms with van der Waals surface area (Å²) in [6.07, 6.45) is 2.10. The monoisotopic (exact) mass is 366 g/mol. The van der Waals surface area contributed by atoms with Crippen molar-refractivity contribution in [3.05, 3.63) is 70.8 Å². The van der Waals surface area contributed by atoms with Crippen LogP contribution in [0.3, 0.4) is 0 Å². The number of carbonyl (C=O) groups excluding carboxylic acids is 1. The summed E-state index contributed by atoms with van der Waals surface area (Å²) in [6.45, 7) is 4.74. The minimum atomic E-state index is -0.905. The fourth-order valence-electron chi connectivity index (χ4n) is 3.63. The lowest BCUT2D eigenvalue weighted by atomic mass is 9.90. The zero-order valence-corrected chi connectivity index (χ0v) is 15.6. The molecule has 2 aromatic rings. The molecule has 1 amide bonds. The molecule has 27 heavy (non-hydrogen) atoms. The number of hydrogen-bond acceptors (Lipinski definition) is 3. The summed E-state index contributed by atoms with van der Waals surface area (Å²) in [7, 11) is 0. The number of carbonyl (C=O) groups is 2. The average Bonchev–Trinajstić information content (AvgIpc) is 2.67. The van der Waals surface area contributed by atoms with Gasteiger partial charge >= 0.3 is 5.97 Å². The average molecular weight is 366 g/mol. The van der Waals surface area contributed by atoms with Crippen molar-refractivity contribution in [2.75, 3.05) is 19.6 Å². The summed E-state index contributed by atoms with van der Waals surface area (Å²) in [5, 5.41) is 12.0. The first-order chi connectivity index (χ1) is 13.0. The van der Waals surface area contributed by atoms with Gasteiger partial charge in [-0.25, -0.2) is 4.79 Å². The van der Waals surface area contributed by atoms with Crippen LogP contribution in [-0.4, -0.2) is 41.5 Å². The highest BCUT2D eigenvalue weighted by Crippen LogP contribution is 2.27. The number of nitrogens with zero attached hydrogens (tertiary/aromatic N) is 1. The quantitative estimate of drug-likeness (QED) is 0.824. The van der Waals surface area contributed by atoms with Gasteiger partial charge in [0, 0.05) is 13.1 Å². The highest BCUT2D eigenvalue weighted by Gasteiger charge is 2.23. The Hall–Kier alpha value is -2.66. The number of aromatic carboxylic acids is 1. The molecule has 5 nitrogen and oxygen atoms in total. The van der Waals surface area contributed by atoms with Crippen LogP contribution in [-0.2, 0) is 11.3 Å². The van der Waals surface area contributed by atoms with E-state index in [0.717, 1.165) is 37.1 Å². The normalized spacial score (nSPS) is 17.4. The van der Waals surface area contributed by atoms with Gasteiger partial charge in [0.25, 0.3) is 0 Å². The lowest BCUT2D eigenvalue weighted by Gasteiger charge is -2.32. The summed E-state index contributed by atoms with van der Waals surface area (Å²) in [4.78, 5) is 25.5. The number of rotatable bonds is 6. The maximum Gasteiger partial charge on any atom is 0.335 e. The van der Waals surface area contributed by atoms with E-state index in [0.29, 0.717) is 24.6 Å². The lowest BCUT2D eigenvalue weighted by molar-refractivity contribution is -0.122. The molecule has 1 aliphatic rings. The zero-order valence-electron chi connectivity index (χ0n) is 15.6. The lowest BCUT2D eigenvalue weighted by Crippen LogP contribution is -2.41. The molecule has 2 aromatic carbocycles. The van der Waals surface area contributed by atoms with E-state index in [1.807, 2.05) is 43.3 Å². The predicted molar refractivity (Wildman–Crippen MR) is 105 cm³/mol. The van der Waals surface area contributed by atoms with Crippen LogP contribution in [0.2, 0.25) is 0 Å². The molecule has 1 atom stereocenters. The summed E-state index contributed by atoms with van der Waals surface area (Å²) in [5.41, 5.74) is 3.77. The molecule has 0 spiro atoms. The van der Waals surface area contributed by atoms with Crippen molar-refractivity contribution in [2.24, 2.45) is 0 Å². The Morgan fingerprint density at radius 2 is 1.89 bits per heavy atom. The number of hydrogen-bond donors (Lipinski definition) is 2. The highest BCUT2D eigenvalue weighted by atomic mass is 16.4. The molecule has 1 aliphatic heterocycles. The maximum absolute atomic E-state index is 12.3. The number of nitrogens with one attached hydrogen (secondary N) is 1. The van der Waals surface area contributed by atoms with E-state index in [1.54, 1.807) is 12.1 Å². The fourth-order valence-corrected chi connectivity index (χ4v) is 3.63. The van der Waals surface area contributed by atoms with Crippen LogP contribution in [0.4, 0.5) is 0 Å². The van der Waals surface area contributed by atoms with Crippen molar-refractivity contribution in [2.45, 2.75) is 32.2 Å². The molecule has 2 N–H and O–H groups in total. The van der Waals surface area contributed by atoms with Crippen LogP contribution in [0.1, 0.15) is 45.8 Å². The van der Waals surface area contributed by atoms with Gasteiger partial charge in [-0.15, -0.1) is 0 Å². The fraction of sp³-hybridized carbons (Fsp3) is 0.364. The number of piperidine rings is 1. The first-order valence-electron chi connectivity index (χ1n) is 9.40. The van der Waals surface area contributed by atoms with Crippen molar-refractivity contribution in [1.82, 2.24) is 10.2 Å². The highest BCUT2D eigenvalue weighted by molar-refractivity contribution is 5.87. The van der Waals surface area contributed by atoms with Gasteiger partial charge in [0.05, 0.1) is 12.1 Å². The van der Waals surface area contributed by atoms with E-state index >= 15 is 0 Å². The second-order valence-electron chi connectivity index (χ2n) is 7.20. The van der Waals surface area contributed by atoms with E-state index < -0.39 is 5.97 Å². The number of amides is 1. The minimum absolute atomic E-state index is 0.0418. The van der Waals surface area contributed by atoms with Gasteiger partial charge in [0.15, 0.2) is 0 Å². The molecule has 3 rings (SSSR count). The molecular formula is C22H26N2O3. The second kappa shape index (κ2) is 8.82. The summed E-state index contributed by atoms with van der Waals surface area (Å²) < 4.78 is 0. The Labute approximate surface area is 160 Å². The number of carboxylic acids is 1. The molecule has 0 radical (unpaired) electrons.